The minimum atomic E-state index is -0.461. The quantitative estimate of drug-likeness (QED) is 0.788. The number of carbonyl (C=O) groups excluding carboxylic acids is 1. The van der Waals surface area contributed by atoms with Crippen molar-refractivity contribution in [3.8, 4) is 0 Å². The number of rotatable bonds is 1. The Morgan fingerprint density at radius 3 is 2.91 bits per heavy atom. The average Bonchev–Trinajstić information content (AvgIpc) is 2.94. The predicted octanol–water partition coefficient (Wildman–Crippen LogP) is 4.31. The van der Waals surface area contributed by atoms with Gasteiger partial charge in [-0.05, 0) is 57.4 Å². The van der Waals surface area contributed by atoms with Gasteiger partial charge in [0.2, 0.25) is 0 Å². The van der Waals surface area contributed by atoms with E-state index in [9.17, 15) is 4.79 Å². The number of aromatic nitrogens is 1. The monoisotopic (exact) mass is 298 g/mol. The lowest BCUT2D eigenvalue weighted by atomic mass is 10.0. The van der Waals surface area contributed by atoms with Crippen LogP contribution < -0.4 is 0 Å². The average molecular weight is 298 g/mol. The molecular weight excluding hydrogens is 276 g/mol. The van der Waals surface area contributed by atoms with Crippen molar-refractivity contribution in [3.05, 3.63) is 42.1 Å². The summed E-state index contributed by atoms with van der Waals surface area (Å²) in [5, 5.41) is 1.11. The molecule has 1 aliphatic rings. The van der Waals surface area contributed by atoms with Crippen LogP contribution in [0.1, 0.15) is 45.2 Å². The molecule has 0 aliphatic carbocycles. The van der Waals surface area contributed by atoms with E-state index >= 15 is 0 Å². The predicted molar refractivity (Wildman–Crippen MR) is 86.7 cm³/mol. The summed E-state index contributed by atoms with van der Waals surface area (Å²) in [6.45, 7) is 6.46. The van der Waals surface area contributed by atoms with Gasteiger partial charge in [-0.1, -0.05) is 12.1 Å². The number of hydrogen-bond acceptors (Lipinski definition) is 3. The van der Waals surface area contributed by atoms with E-state index in [1.54, 1.807) is 6.20 Å². The van der Waals surface area contributed by atoms with E-state index in [0.717, 1.165) is 35.9 Å². The number of amides is 1. The molecule has 1 fully saturated rings. The van der Waals surface area contributed by atoms with Gasteiger partial charge in [0.05, 0.1) is 11.6 Å². The molecule has 1 aromatic carbocycles. The maximum atomic E-state index is 12.4. The number of hydrogen-bond donors (Lipinski definition) is 0. The lowest BCUT2D eigenvalue weighted by molar-refractivity contribution is 0.0224. The zero-order chi connectivity index (χ0) is 15.7. The summed E-state index contributed by atoms with van der Waals surface area (Å²) in [5.41, 5.74) is 1.68. The van der Waals surface area contributed by atoms with Crippen LogP contribution in [0.2, 0.25) is 0 Å². The normalized spacial score (nSPS) is 18.7. The number of fused-ring (bicyclic) bond motifs is 1. The summed E-state index contributed by atoms with van der Waals surface area (Å²) in [5.74, 6) is 0. The fourth-order valence-electron chi connectivity index (χ4n) is 2.95. The molecule has 4 heteroatoms. The zero-order valence-electron chi connectivity index (χ0n) is 13.4. The third-order valence-electron chi connectivity index (χ3n) is 3.89. The second-order valence-corrected chi connectivity index (χ2v) is 6.79. The van der Waals surface area contributed by atoms with Gasteiger partial charge in [-0.2, -0.15) is 0 Å². The summed E-state index contributed by atoms with van der Waals surface area (Å²) in [6.07, 6.45) is 3.56. The molecule has 2 aromatic rings. The van der Waals surface area contributed by atoms with Crippen LogP contribution >= 0.6 is 0 Å². The molecule has 1 aromatic heterocycles. The number of pyridine rings is 1. The van der Waals surface area contributed by atoms with Crippen LogP contribution in [0, 0.1) is 0 Å². The smallest absolute Gasteiger partial charge is 0.410 e. The van der Waals surface area contributed by atoms with Crippen molar-refractivity contribution in [2.75, 3.05) is 6.54 Å². The topological polar surface area (TPSA) is 42.4 Å². The Morgan fingerprint density at radius 1 is 1.32 bits per heavy atom. The van der Waals surface area contributed by atoms with Crippen molar-refractivity contribution < 1.29 is 9.53 Å². The highest BCUT2D eigenvalue weighted by atomic mass is 16.6. The molecule has 116 valence electrons. The van der Waals surface area contributed by atoms with Crippen molar-refractivity contribution in [1.29, 1.82) is 0 Å². The van der Waals surface area contributed by atoms with Crippen LogP contribution in [0.15, 0.2) is 36.5 Å². The largest absolute Gasteiger partial charge is 0.444 e. The summed E-state index contributed by atoms with van der Waals surface area (Å²) in [4.78, 5) is 18.6. The highest BCUT2D eigenvalue weighted by Gasteiger charge is 2.33. The third kappa shape index (κ3) is 3.06. The highest BCUT2D eigenvalue weighted by Crippen LogP contribution is 2.34. The van der Waals surface area contributed by atoms with Crippen molar-refractivity contribution in [2.45, 2.75) is 45.3 Å². The molecular formula is C18H22N2O2. The zero-order valence-corrected chi connectivity index (χ0v) is 13.4. The van der Waals surface area contributed by atoms with Gasteiger partial charge in [0.25, 0.3) is 0 Å². The molecule has 3 rings (SSSR count). The molecule has 1 saturated heterocycles. The lowest BCUT2D eigenvalue weighted by Gasteiger charge is -2.29. The maximum absolute atomic E-state index is 12.4. The van der Waals surface area contributed by atoms with Gasteiger partial charge in [0.1, 0.15) is 5.60 Å². The number of carbonyl (C=O) groups is 1. The highest BCUT2D eigenvalue weighted by molar-refractivity contribution is 5.79. The minimum absolute atomic E-state index is 0.0967. The molecule has 0 spiro atoms. The SMILES string of the molecule is CC(C)(C)OC(=O)N1CCC[C@H]1c1ccc2ncccc2c1. The Hall–Kier alpha value is -2.10. The third-order valence-corrected chi connectivity index (χ3v) is 3.89. The van der Waals surface area contributed by atoms with E-state index in [1.807, 2.05) is 37.8 Å². The second kappa shape index (κ2) is 5.59. The van der Waals surface area contributed by atoms with Gasteiger partial charge in [-0.25, -0.2) is 4.79 Å². The van der Waals surface area contributed by atoms with Crippen LogP contribution in [0.3, 0.4) is 0 Å². The molecule has 22 heavy (non-hydrogen) atoms. The molecule has 0 saturated carbocycles. The molecule has 1 atom stereocenters. The fourth-order valence-corrected chi connectivity index (χ4v) is 2.95. The number of ether oxygens (including phenoxy) is 1. The molecule has 0 unspecified atom stereocenters. The minimum Gasteiger partial charge on any atom is -0.444 e. The first-order chi connectivity index (χ1) is 10.4. The van der Waals surface area contributed by atoms with Crippen molar-refractivity contribution in [3.63, 3.8) is 0 Å². The lowest BCUT2D eigenvalue weighted by Crippen LogP contribution is -2.36. The molecule has 2 heterocycles. The van der Waals surface area contributed by atoms with E-state index < -0.39 is 5.60 Å². The van der Waals surface area contributed by atoms with Crippen LogP contribution in [-0.2, 0) is 4.74 Å². The molecule has 4 nitrogen and oxygen atoms in total. The first-order valence-electron chi connectivity index (χ1n) is 7.78. The van der Waals surface area contributed by atoms with E-state index in [1.165, 1.54) is 0 Å². The van der Waals surface area contributed by atoms with Gasteiger partial charge < -0.3 is 9.64 Å². The molecule has 0 N–H and O–H groups in total. The Morgan fingerprint density at radius 2 is 2.14 bits per heavy atom. The maximum Gasteiger partial charge on any atom is 0.410 e. The summed E-state index contributed by atoms with van der Waals surface area (Å²) < 4.78 is 5.54. The second-order valence-electron chi connectivity index (χ2n) is 6.79. The van der Waals surface area contributed by atoms with Crippen LogP contribution in [0.5, 0.6) is 0 Å². The standard InChI is InChI=1S/C18H22N2O2/c1-18(2,3)22-17(21)20-11-5-7-16(20)14-8-9-15-13(12-14)6-4-10-19-15/h4,6,8-10,12,16H,5,7,11H2,1-3H3/t16-/m0/s1. The van der Waals surface area contributed by atoms with Crippen LogP contribution in [-0.4, -0.2) is 28.1 Å². The van der Waals surface area contributed by atoms with E-state index in [0.29, 0.717) is 0 Å². The van der Waals surface area contributed by atoms with Crippen LogP contribution in [0.25, 0.3) is 10.9 Å². The summed E-state index contributed by atoms with van der Waals surface area (Å²) >= 11 is 0. The number of benzene rings is 1. The molecule has 1 aliphatic heterocycles. The summed E-state index contributed by atoms with van der Waals surface area (Å²) in [6, 6.07) is 10.3. The van der Waals surface area contributed by atoms with Crippen molar-refractivity contribution in [2.24, 2.45) is 0 Å². The Labute approximate surface area is 131 Å². The van der Waals surface area contributed by atoms with E-state index in [4.69, 9.17) is 4.74 Å². The fraction of sp³-hybridized carbons (Fsp3) is 0.444. The van der Waals surface area contributed by atoms with Gasteiger partial charge in [0.15, 0.2) is 0 Å². The number of nitrogens with zero attached hydrogens (tertiary/aromatic N) is 2. The van der Waals surface area contributed by atoms with E-state index in [-0.39, 0.29) is 12.1 Å². The summed E-state index contributed by atoms with van der Waals surface area (Å²) in [7, 11) is 0. The van der Waals surface area contributed by atoms with Gasteiger partial charge in [-0.3, -0.25) is 4.98 Å². The number of likely N-dealkylation sites (tertiary alicyclic amines) is 1. The van der Waals surface area contributed by atoms with Gasteiger partial charge >= 0.3 is 6.09 Å². The Balaban J connectivity index is 1.86. The first kappa shape index (κ1) is 14.8. The Bertz CT molecular complexity index is 691. The molecule has 1 amide bonds. The Kier molecular flexibility index (Phi) is 3.77. The first-order valence-corrected chi connectivity index (χ1v) is 7.78. The van der Waals surface area contributed by atoms with Crippen molar-refractivity contribution in [1.82, 2.24) is 9.88 Å². The van der Waals surface area contributed by atoms with Crippen molar-refractivity contribution >= 4 is 17.0 Å². The van der Waals surface area contributed by atoms with E-state index in [2.05, 4.69) is 23.2 Å². The van der Waals surface area contributed by atoms with Gasteiger partial charge in [0, 0.05) is 18.1 Å². The van der Waals surface area contributed by atoms with Crippen LogP contribution in [0.4, 0.5) is 4.79 Å². The molecule has 0 radical (unpaired) electrons. The molecule has 0 bridgehead atoms. The van der Waals surface area contributed by atoms with Gasteiger partial charge in [-0.15, -0.1) is 0 Å².